The van der Waals surface area contributed by atoms with E-state index in [0.29, 0.717) is 25.4 Å². The summed E-state index contributed by atoms with van der Waals surface area (Å²) in [7, 11) is 1.69. The Hall–Kier alpha value is -2.70. The van der Waals surface area contributed by atoms with Gasteiger partial charge in [0.05, 0.1) is 18.9 Å². The van der Waals surface area contributed by atoms with Crippen LogP contribution in [0.15, 0.2) is 53.5 Å². The van der Waals surface area contributed by atoms with E-state index in [1.54, 1.807) is 17.6 Å². The maximum absolute atomic E-state index is 12.5. The molecule has 2 aromatic heterocycles. The molecule has 28 heavy (non-hydrogen) atoms. The number of hydrogen-bond donors (Lipinski definition) is 0. The molecular formula is C22H27N3O3. The molecule has 148 valence electrons. The third-order valence-electron chi connectivity index (χ3n) is 4.50. The van der Waals surface area contributed by atoms with Crippen molar-refractivity contribution in [2.75, 3.05) is 26.9 Å². The summed E-state index contributed by atoms with van der Waals surface area (Å²) in [5.41, 5.74) is 3.57. The van der Waals surface area contributed by atoms with Crippen molar-refractivity contribution in [1.82, 2.24) is 14.3 Å². The van der Waals surface area contributed by atoms with Gasteiger partial charge in [-0.1, -0.05) is 18.2 Å². The highest BCUT2D eigenvalue weighted by molar-refractivity contribution is 5.40. The van der Waals surface area contributed by atoms with E-state index in [1.165, 1.54) is 5.56 Å². The molecule has 0 saturated carbocycles. The summed E-state index contributed by atoms with van der Waals surface area (Å²) in [6.07, 6.45) is 1.82. The Labute approximate surface area is 165 Å². The molecule has 0 N–H and O–H groups in total. The van der Waals surface area contributed by atoms with Gasteiger partial charge in [-0.15, -0.1) is 0 Å². The highest BCUT2D eigenvalue weighted by Crippen LogP contribution is 2.15. The first-order valence-corrected chi connectivity index (χ1v) is 9.51. The number of methoxy groups -OCH3 is 1. The number of hydrogen-bond acceptors (Lipinski definition) is 5. The Kier molecular flexibility index (Phi) is 6.79. The van der Waals surface area contributed by atoms with Crippen LogP contribution in [0, 0.1) is 6.92 Å². The topological polar surface area (TPSA) is 56.1 Å². The zero-order valence-electron chi connectivity index (χ0n) is 16.7. The molecule has 0 radical (unpaired) electrons. The Morgan fingerprint density at radius 3 is 2.61 bits per heavy atom. The Bertz CT molecular complexity index is 967. The quantitative estimate of drug-likeness (QED) is 0.570. The van der Waals surface area contributed by atoms with Crippen LogP contribution in [0.25, 0.3) is 5.65 Å². The van der Waals surface area contributed by atoms with Crippen LogP contribution < -0.4 is 10.3 Å². The number of pyridine rings is 1. The van der Waals surface area contributed by atoms with E-state index < -0.39 is 0 Å². The average Bonchev–Trinajstić information content (AvgIpc) is 2.68. The molecule has 0 atom stereocenters. The summed E-state index contributed by atoms with van der Waals surface area (Å²) >= 11 is 0. The van der Waals surface area contributed by atoms with Crippen LogP contribution in [0.1, 0.15) is 23.7 Å². The van der Waals surface area contributed by atoms with Gasteiger partial charge in [0.15, 0.2) is 0 Å². The smallest absolute Gasteiger partial charge is 0.258 e. The molecule has 0 aliphatic heterocycles. The molecule has 3 aromatic rings. The molecule has 0 unspecified atom stereocenters. The number of rotatable bonds is 9. The number of nitrogens with zero attached hydrogens (tertiary/aromatic N) is 3. The number of ether oxygens (including phenoxy) is 2. The molecule has 0 saturated heterocycles. The van der Waals surface area contributed by atoms with Crippen molar-refractivity contribution in [1.29, 1.82) is 0 Å². The van der Waals surface area contributed by atoms with Crippen molar-refractivity contribution in [3.05, 3.63) is 75.8 Å². The monoisotopic (exact) mass is 381 g/mol. The van der Waals surface area contributed by atoms with Gasteiger partial charge >= 0.3 is 0 Å². The lowest BCUT2D eigenvalue weighted by Crippen LogP contribution is -2.28. The van der Waals surface area contributed by atoms with Gasteiger partial charge in [-0.3, -0.25) is 14.1 Å². The molecule has 0 aliphatic rings. The molecular weight excluding hydrogens is 354 g/mol. The second-order valence-electron chi connectivity index (χ2n) is 6.80. The molecule has 2 heterocycles. The van der Waals surface area contributed by atoms with Gasteiger partial charge in [-0.25, -0.2) is 4.98 Å². The van der Waals surface area contributed by atoms with Crippen molar-refractivity contribution in [3.8, 4) is 5.75 Å². The minimum atomic E-state index is -0.0588. The number of aromatic nitrogens is 2. The Balaban J connectivity index is 1.79. The highest BCUT2D eigenvalue weighted by atomic mass is 16.5. The van der Waals surface area contributed by atoms with Gasteiger partial charge in [0, 0.05) is 39.0 Å². The number of aryl methyl sites for hydroxylation is 1. The maximum Gasteiger partial charge on any atom is 0.258 e. The molecule has 6 heteroatoms. The van der Waals surface area contributed by atoms with E-state index in [-0.39, 0.29) is 5.56 Å². The van der Waals surface area contributed by atoms with E-state index in [9.17, 15) is 4.79 Å². The van der Waals surface area contributed by atoms with Crippen LogP contribution in [0.2, 0.25) is 0 Å². The summed E-state index contributed by atoms with van der Waals surface area (Å²) in [5.74, 6) is 0.870. The Morgan fingerprint density at radius 1 is 1.11 bits per heavy atom. The van der Waals surface area contributed by atoms with Gasteiger partial charge in [-0.05, 0) is 43.2 Å². The molecule has 0 aliphatic carbocycles. The standard InChI is InChI=1S/C22H27N3O3/c1-4-28-20-8-6-18(7-9-20)15-24(11-12-27-3)16-19-13-22(26)25-14-17(2)5-10-21(25)23-19/h5-10,13-14H,4,11-12,15-16H2,1-3H3. The SMILES string of the molecule is CCOc1ccc(CN(CCOC)Cc2cc(=O)n3cc(C)ccc3n2)cc1. The Morgan fingerprint density at radius 2 is 1.89 bits per heavy atom. The van der Waals surface area contributed by atoms with E-state index in [4.69, 9.17) is 9.47 Å². The minimum absolute atomic E-state index is 0.0588. The summed E-state index contributed by atoms with van der Waals surface area (Å²) in [6.45, 7) is 7.27. The third-order valence-corrected chi connectivity index (χ3v) is 4.50. The second kappa shape index (κ2) is 9.48. The first-order chi connectivity index (χ1) is 13.6. The molecule has 0 fully saturated rings. The summed E-state index contributed by atoms with van der Waals surface area (Å²) in [5, 5.41) is 0. The van der Waals surface area contributed by atoms with Crippen LogP contribution in [-0.2, 0) is 17.8 Å². The van der Waals surface area contributed by atoms with Crippen molar-refractivity contribution in [3.63, 3.8) is 0 Å². The lowest BCUT2D eigenvalue weighted by Gasteiger charge is -2.22. The van der Waals surface area contributed by atoms with Crippen LogP contribution in [0.4, 0.5) is 0 Å². The van der Waals surface area contributed by atoms with Gasteiger partial charge in [0.1, 0.15) is 11.4 Å². The number of fused-ring (bicyclic) bond motifs is 1. The maximum atomic E-state index is 12.5. The summed E-state index contributed by atoms with van der Waals surface area (Å²) in [4.78, 5) is 19.4. The highest BCUT2D eigenvalue weighted by Gasteiger charge is 2.10. The van der Waals surface area contributed by atoms with Crippen molar-refractivity contribution < 1.29 is 9.47 Å². The van der Waals surface area contributed by atoms with Crippen LogP contribution >= 0.6 is 0 Å². The average molecular weight is 381 g/mol. The van der Waals surface area contributed by atoms with Gasteiger partial charge < -0.3 is 9.47 Å². The lowest BCUT2D eigenvalue weighted by atomic mass is 10.2. The van der Waals surface area contributed by atoms with E-state index in [1.807, 2.05) is 44.3 Å². The fraction of sp³-hybridized carbons (Fsp3) is 0.364. The zero-order chi connectivity index (χ0) is 19.9. The molecule has 1 aromatic carbocycles. The van der Waals surface area contributed by atoms with E-state index >= 15 is 0 Å². The second-order valence-corrected chi connectivity index (χ2v) is 6.80. The normalized spacial score (nSPS) is 11.3. The summed E-state index contributed by atoms with van der Waals surface area (Å²) in [6, 6.07) is 13.6. The van der Waals surface area contributed by atoms with Crippen molar-refractivity contribution >= 4 is 5.65 Å². The minimum Gasteiger partial charge on any atom is -0.494 e. The molecule has 6 nitrogen and oxygen atoms in total. The zero-order valence-corrected chi connectivity index (χ0v) is 16.7. The van der Waals surface area contributed by atoms with Crippen LogP contribution in [0.3, 0.4) is 0 Å². The predicted octanol–water partition coefficient (Wildman–Crippen LogP) is 3.05. The van der Waals surface area contributed by atoms with E-state index in [0.717, 1.165) is 30.1 Å². The molecule has 3 rings (SSSR count). The first kappa shape index (κ1) is 20.0. The lowest BCUT2D eigenvalue weighted by molar-refractivity contribution is 0.139. The molecule has 0 amide bonds. The third kappa shape index (κ3) is 5.18. The van der Waals surface area contributed by atoms with E-state index in [2.05, 4.69) is 22.0 Å². The molecule has 0 spiro atoms. The van der Waals surface area contributed by atoms with Crippen LogP contribution in [0.5, 0.6) is 5.75 Å². The van der Waals surface area contributed by atoms with Gasteiger partial charge in [-0.2, -0.15) is 0 Å². The largest absolute Gasteiger partial charge is 0.494 e. The fourth-order valence-electron chi connectivity index (χ4n) is 3.12. The van der Waals surface area contributed by atoms with Crippen LogP contribution in [-0.4, -0.2) is 41.2 Å². The summed E-state index contributed by atoms with van der Waals surface area (Å²) < 4.78 is 12.4. The molecule has 0 bridgehead atoms. The predicted molar refractivity (Wildman–Crippen MR) is 110 cm³/mol. The fourth-order valence-corrected chi connectivity index (χ4v) is 3.12. The number of benzene rings is 1. The van der Waals surface area contributed by atoms with Gasteiger partial charge in [0.25, 0.3) is 5.56 Å². The van der Waals surface area contributed by atoms with Gasteiger partial charge in [0.2, 0.25) is 0 Å². The first-order valence-electron chi connectivity index (χ1n) is 9.51. The van der Waals surface area contributed by atoms with Crippen molar-refractivity contribution in [2.24, 2.45) is 0 Å². The van der Waals surface area contributed by atoms with Crippen molar-refractivity contribution in [2.45, 2.75) is 26.9 Å².